The fourth-order valence-electron chi connectivity index (χ4n) is 3.07. The molecule has 1 fully saturated rings. The normalized spacial score (nSPS) is 20.5. The van der Waals surface area contributed by atoms with Crippen molar-refractivity contribution in [3.05, 3.63) is 64.7 Å². The fourth-order valence-corrected chi connectivity index (χ4v) is 3.22. The molecule has 0 bridgehead atoms. The van der Waals surface area contributed by atoms with Gasteiger partial charge in [-0.15, -0.1) is 0 Å². The van der Waals surface area contributed by atoms with Gasteiger partial charge >= 0.3 is 0 Å². The van der Waals surface area contributed by atoms with Crippen LogP contribution in [0.5, 0.6) is 0 Å². The number of rotatable bonds is 2. The lowest BCUT2D eigenvalue weighted by molar-refractivity contribution is 0.0668. The summed E-state index contributed by atoms with van der Waals surface area (Å²) in [7, 11) is 0. The van der Waals surface area contributed by atoms with E-state index in [1.54, 1.807) is 18.3 Å². The molecule has 6 heteroatoms. The first-order valence-corrected chi connectivity index (χ1v) is 8.01. The monoisotopic (exact) mass is 343 g/mol. The van der Waals surface area contributed by atoms with Gasteiger partial charge in [-0.25, -0.2) is 4.39 Å². The molecule has 1 amide bonds. The van der Waals surface area contributed by atoms with E-state index in [0.29, 0.717) is 25.1 Å². The van der Waals surface area contributed by atoms with Crippen molar-refractivity contribution in [1.82, 2.24) is 9.88 Å². The third kappa shape index (κ3) is 2.98. The number of halogens is 2. The highest BCUT2D eigenvalue weighted by molar-refractivity contribution is 6.30. The number of hydrogen-bond donors (Lipinski definition) is 0. The lowest BCUT2D eigenvalue weighted by Crippen LogP contribution is -2.48. The number of carbonyl (C=O) groups is 1. The van der Waals surface area contributed by atoms with Crippen molar-refractivity contribution in [2.45, 2.75) is 18.3 Å². The first-order valence-electron chi connectivity index (χ1n) is 7.63. The maximum Gasteiger partial charge on any atom is 0.256 e. The first kappa shape index (κ1) is 16.4. The molecule has 1 atom stereocenters. The number of pyridine rings is 1. The molecule has 0 aliphatic carbocycles. The van der Waals surface area contributed by atoms with Crippen molar-refractivity contribution in [3.8, 4) is 6.07 Å². The number of nitrogens with zero attached hydrogens (tertiary/aromatic N) is 3. The Morgan fingerprint density at radius 2 is 2.21 bits per heavy atom. The van der Waals surface area contributed by atoms with Gasteiger partial charge in [0.25, 0.3) is 5.91 Å². The van der Waals surface area contributed by atoms with Crippen molar-refractivity contribution in [2.75, 3.05) is 13.1 Å². The number of amides is 1. The van der Waals surface area contributed by atoms with Crippen LogP contribution < -0.4 is 0 Å². The van der Waals surface area contributed by atoms with Crippen LogP contribution in [0.4, 0.5) is 4.39 Å². The van der Waals surface area contributed by atoms with E-state index in [-0.39, 0.29) is 17.1 Å². The van der Waals surface area contributed by atoms with Gasteiger partial charge in [-0.3, -0.25) is 9.78 Å². The van der Waals surface area contributed by atoms with E-state index in [2.05, 4.69) is 11.1 Å². The van der Waals surface area contributed by atoms with Crippen LogP contribution >= 0.6 is 11.6 Å². The second-order valence-electron chi connectivity index (χ2n) is 5.86. The molecule has 0 radical (unpaired) electrons. The molecule has 2 aromatic rings. The molecular weight excluding hydrogens is 329 g/mol. The van der Waals surface area contributed by atoms with Crippen molar-refractivity contribution in [3.63, 3.8) is 0 Å². The Hall–Kier alpha value is -2.45. The summed E-state index contributed by atoms with van der Waals surface area (Å²) in [5.41, 5.74) is -0.256. The van der Waals surface area contributed by atoms with Crippen molar-refractivity contribution >= 4 is 17.5 Å². The van der Waals surface area contributed by atoms with Crippen LogP contribution in [-0.4, -0.2) is 28.9 Å². The lowest BCUT2D eigenvalue weighted by Gasteiger charge is -2.38. The summed E-state index contributed by atoms with van der Waals surface area (Å²) >= 11 is 5.74. The molecule has 122 valence electrons. The number of aromatic nitrogens is 1. The fraction of sp³-hybridized carbons (Fsp3) is 0.278. The molecule has 0 N–H and O–H groups in total. The summed E-state index contributed by atoms with van der Waals surface area (Å²) in [5, 5.41) is 9.98. The van der Waals surface area contributed by atoms with Crippen LogP contribution in [0.1, 0.15) is 28.9 Å². The quantitative estimate of drug-likeness (QED) is 0.837. The van der Waals surface area contributed by atoms with E-state index in [1.807, 2.05) is 6.07 Å². The Bertz CT molecular complexity index is 806. The van der Waals surface area contributed by atoms with Gasteiger partial charge in [0.05, 0.1) is 17.3 Å². The van der Waals surface area contributed by atoms with Gasteiger partial charge < -0.3 is 4.90 Å². The summed E-state index contributed by atoms with van der Waals surface area (Å²) in [6.45, 7) is 0.679. The molecule has 3 rings (SSSR count). The van der Waals surface area contributed by atoms with E-state index in [0.717, 1.165) is 6.07 Å². The first-order chi connectivity index (χ1) is 11.6. The molecular formula is C18H15ClFN3O. The number of carbonyl (C=O) groups excluding carboxylic acids is 1. The van der Waals surface area contributed by atoms with Gasteiger partial charge in [0.2, 0.25) is 0 Å². The van der Waals surface area contributed by atoms with Gasteiger partial charge in [0.15, 0.2) is 0 Å². The molecule has 1 aliphatic rings. The highest BCUT2D eigenvalue weighted by Gasteiger charge is 2.40. The van der Waals surface area contributed by atoms with Crippen molar-refractivity contribution in [1.29, 1.82) is 5.26 Å². The molecule has 4 nitrogen and oxygen atoms in total. The number of nitriles is 1. The predicted octanol–water partition coefficient (Wildman–Crippen LogP) is 3.57. The molecule has 2 heterocycles. The molecule has 0 spiro atoms. The SMILES string of the molecule is N#CC1(c2ccccn2)CCCN(C(=O)c2ccc(Cl)cc2F)C1. The number of hydrogen-bond acceptors (Lipinski definition) is 3. The van der Waals surface area contributed by atoms with E-state index in [4.69, 9.17) is 11.6 Å². The summed E-state index contributed by atoms with van der Waals surface area (Å²) in [6, 6.07) is 11.7. The molecule has 0 saturated carbocycles. The van der Waals surface area contributed by atoms with Gasteiger partial charge in [-0.05, 0) is 43.2 Å². The molecule has 1 aromatic heterocycles. The Morgan fingerprint density at radius 1 is 1.38 bits per heavy atom. The topological polar surface area (TPSA) is 57.0 Å². The number of benzene rings is 1. The third-order valence-electron chi connectivity index (χ3n) is 4.31. The zero-order valence-electron chi connectivity index (χ0n) is 12.9. The Morgan fingerprint density at radius 3 is 2.88 bits per heavy atom. The van der Waals surface area contributed by atoms with Gasteiger partial charge in [-0.1, -0.05) is 17.7 Å². The highest BCUT2D eigenvalue weighted by atomic mass is 35.5. The maximum atomic E-state index is 14.0. The van der Waals surface area contributed by atoms with Crippen molar-refractivity contribution < 1.29 is 9.18 Å². The number of piperidine rings is 1. The van der Waals surface area contributed by atoms with Gasteiger partial charge in [0.1, 0.15) is 11.2 Å². The van der Waals surface area contributed by atoms with Crippen LogP contribution in [0.15, 0.2) is 42.6 Å². The summed E-state index contributed by atoms with van der Waals surface area (Å²) in [4.78, 5) is 18.5. The Kier molecular flexibility index (Phi) is 4.50. The molecule has 1 aliphatic heterocycles. The minimum atomic E-state index is -0.863. The van der Waals surface area contributed by atoms with Crippen LogP contribution in [-0.2, 0) is 5.41 Å². The van der Waals surface area contributed by atoms with E-state index in [1.165, 1.54) is 17.0 Å². The molecule has 24 heavy (non-hydrogen) atoms. The molecule has 1 saturated heterocycles. The summed E-state index contributed by atoms with van der Waals surface area (Å²) in [6.07, 6.45) is 2.91. The molecule has 1 aromatic carbocycles. The average molecular weight is 344 g/mol. The second kappa shape index (κ2) is 6.58. The van der Waals surface area contributed by atoms with E-state index >= 15 is 0 Å². The summed E-state index contributed by atoms with van der Waals surface area (Å²) < 4.78 is 14.0. The summed E-state index contributed by atoms with van der Waals surface area (Å²) in [5.74, 6) is -1.09. The minimum absolute atomic E-state index is 0.0332. The van der Waals surface area contributed by atoms with Crippen LogP contribution in [0, 0.1) is 17.1 Å². The Balaban J connectivity index is 1.90. The maximum absolute atomic E-state index is 14.0. The Labute approximate surface area is 144 Å². The zero-order valence-corrected chi connectivity index (χ0v) is 13.6. The van der Waals surface area contributed by atoms with Crippen LogP contribution in [0.2, 0.25) is 5.02 Å². The van der Waals surface area contributed by atoms with Gasteiger partial charge in [-0.2, -0.15) is 5.26 Å². The molecule has 1 unspecified atom stereocenters. The second-order valence-corrected chi connectivity index (χ2v) is 6.30. The number of likely N-dealkylation sites (tertiary alicyclic amines) is 1. The lowest BCUT2D eigenvalue weighted by atomic mass is 9.78. The van der Waals surface area contributed by atoms with Crippen molar-refractivity contribution in [2.24, 2.45) is 0 Å². The average Bonchev–Trinajstić information content (AvgIpc) is 2.62. The van der Waals surface area contributed by atoms with E-state index in [9.17, 15) is 14.4 Å². The van der Waals surface area contributed by atoms with Crippen LogP contribution in [0.3, 0.4) is 0 Å². The predicted molar refractivity (Wildman–Crippen MR) is 88.1 cm³/mol. The largest absolute Gasteiger partial charge is 0.337 e. The van der Waals surface area contributed by atoms with Gasteiger partial charge in [0, 0.05) is 24.3 Å². The third-order valence-corrected chi connectivity index (χ3v) is 4.55. The van der Waals surface area contributed by atoms with E-state index < -0.39 is 17.1 Å². The highest BCUT2D eigenvalue weighted by Crippen LogP contribution is 2.33. The standard InChI is InChI=1S/C18H15ClFN3O/c19-13-5-6-14(15(20)10-13)17(24)23-9-3-7-18(11-21,12-23)16-4-1-2-8-22-16/h1-2,4-6,8,10H,3,7,9,12H2. The van der Waals surface area contributed by atoms with Crippen LogP contribution in [0.25, 0.3) is 0 Å². The smallest absolute Gasteiger partial charge is 0.256 e. The minimum Gasteiger partial charge on any atom is -0.337 e. The zero-order chi connectivity index (χ0) is 17.2.